The van der Waals surface area contributed by atoms with Crippen LogP contribution in [0.2, 0.25) is 10.0 Å². The summed E-state index contributed by atoms with van der Waals surface area (Å²) < 4.78 is 1.29. The lowest BCUT2D eigenvalue weighted by Gasteiger charge is -2.10. The molecule has 2 rings (SSSR count). The van der Waals surface area contributed by atoms with Crippen LogP contribution in [0.15, 0.2) is 35.1 Å². The van der Waals surface area contributed by atoms with E-state index in [0.29, 0.717) is 22.3 Å². The van der Waals surface area contributed by atoms with Gasteiger partial charge in [0.1, 0.15) is 5.69 Å². The number of nitrogens with one attached hydrogen (secondary N) is 1. The molecule has 0 bridgehead atoms. The number of anilines is 1. The number of hydrogen-bond donors (Lipinski definition) is 1. The topological polar surface area (TPSA) is 64.0 Å². The fourth-order valence-corrected chi connectivity index (χ4v) is 2.11. The third-order valence-corrected chi connectivity index (χ3v) is 3.55. The van der Waals surface area contributed by atoms with Crippen molar-refractivity contribution in [3.8, 4) is 0 Å². The van der Waals surface area contributed by atoms with Crippen molar-refractivity contribution in [3.05, 3.63) is 56.4 Å². The Labute approximate surface area is 137 Å². The van der Waals surface area contributed by atoms with Crippen LogP contribution in [0, 0.1) is 5.92 Å². The summed E-state index contributed by atoms with van der Waals surface area (Å²) in [7, 11) is 0. The Bertz CT molecular complexity index is 757. The maximum Gasteiger partial charge on any atom is 0.276 e. The van der Waals surface area contributed by atoms with Crippen LogP contribution < -0.4 is 10.9 Å². The molecule has 22 heavy (non-hydrogen) atoms. The van der Waals surface area contributed by atoms with Crippen LogP contribution in [0.1, 0.15) is 24.3 Å². The lowest BCUT2D eigenvalue weighted by Crippen LogP contribution is -2.27. The molecule has 0 aliphatic heterocycles. The normalized spacial score (nSPS) is 10.8. The van der Waals surface area contributed by atoms with E-state index in [0.717, 1.165) is 0 Å². The van der Waals surface area contributed by atoms with Gasteiger partial charge in [-0.2, -0.15) is 5.10 Å². The zero-order valence-electron chi connectivity index (χ0n) is 12.1. The average molecular weight is 340 g/mol. The van der Waals surface area contributed by atoms with Gasteiger partial charge in [0.05, 0.1) is 10.0 Å². The lowest BCUT2D eigenvalue weighted by molar-refractivity contribution is 0.101. The van der Waals surface area contributed by atoms with Gasteiger partial charge in [0, 0.05) is 18.3 Å². The molecule has 0 spiro atoms. The number of carbonyl (C=O) groups is 1. The SMILES string of the molecule is CC(C)Cn1nc(C(=O)Nc2ccc(Cl)c(Cl)c2)ccc1=O. The zero-order chi connectivity index (χ0) is 16.3. The maximum atomic E-state index is 12.2. The van der Waals surface area contributed by atoms with Crippen molar-refractivity contribution in [1.82, 2.24) is 9.78 Å². The highest BCUT2D eigenvalue weighted by Gasteiger charge is 2.11. The molecule has 1 heterocycles. The standard InChI is InChI=1S/C15H15Cl2N3O2/c1-9(2)8-20-14(21)6-5-13(19-20)15(22)18-10-3-4-11(16)12(17)7-10/h3-7,9H,8H2,1-2H3,(H,18,22). The molecule has 0 aliphatic carbocycles. The Hall–Kier alpha value is -1.85. The average Bonchev–Trinajstić information content (AvgIpc) is 2.44. The van der Waals surface area contributed by atoms with Crippen molar-refractivity contribution in [2.75, 3.05) is 5.32 Å². The van der Waals surface area contributed by atoms with Gasteiger partial charge in [0.15, 0.2) is 0 Å². The van der Waals surface area contributed by atoms with E-state index in [1.807, 2.05) is 13.8 Å². The molecule has 2 aromatic rings. The number of benzene rings is 1. The van der Waals surface area contributed by atoms with Crippen LogP contribution in [-0.2, 0) is 6.54 Å². The first-order valence-electron chi connectivity index (χ1n) is 6.71. The molecule has 1 aromatic heterocycles. The smallest absolute Gasteiger partial charge is 0.276 e. The number of amides is 1. The zero-order valence-corrected chi connectivity index (χ0v) is 13.6. The molecule has 7 heteroatoms. The molecule has 116 valence electrons. The monoisotopic (exact) mass is 339 g/mol. The number of hydrogen-bond acceptors (Lipinski definition) is 3. The van der Waals surface area contributed by atoms with E-state index < -0.39 is 5.91 Å². The van der Waals surface area contributed by atoms with Gasteiger partial charge in [-0.3, -0.25) is 9.59 Å². The molecule has 0 radical (unpaired) electrons. The number of nitrogens with zero attached hydrogens (tertiary/aromatic N) is 2. The Morgan fingerprint density at radius 2 is 1.95 bits per heavy atom. The van der Waals surface area contributed by atoms with E-state index in [1.54, 1.807) is 18.2 Å². The molecule has 1 amide bonds. The minimum Gasteiger partial charge on any atom is -0.321 e. The van der Waals surface area contributed by atoms with E-state index in [2.05, 4.69) is 10.4 Å². The van der Waals surface area contributed by atoms with Gasteiger partial charge in [-0.15, -0.1) is 0 Å². The molecule has 5 nitrogen and oxygen atoms in total. The predicted octanol–water partition coefficient (Wildman–Crippen LogP) is 3.46. The Balaban J connectivity index is 2.22. The second kappa shape index (κ2) is 6.94. The largest absolute Gasteiger partial charge is 0.321 e. The van der Waals surface area contributed by atoms with Crippen LogP contribution in [0.5, 0.6) is 0 Å². The van der Waals surface area contributed by atoms with Gasteiger partial charge in [-0.1, -0.05) is 37.0 Å². The molecule has 0 aliphatic rings. The predicted molar refractivity (Wildman–Crippen MR) is 87.8 cm³/mol. The van der Waals surface area contributed by atoms with E-state index in [9.17, 15) is 9.59 Å². The summed E-state index contributed by atoms with van der Waals surface area (Å²) >= 11 is 11.7. The van der Waals surface area contributed by atoms with Gasteiger partial charge in [-0.25, -0.2) is 4.68 Å². The quantitative estimate of drug-likeness (QED) is 0.927. The molecular formula is C15H15Cl2N3O2. The molecule has 0 unspecified atom stereocenters. The number of rotatable bonds is 4. The van der Waals surface area contributed by atoms with Crippen LogP contribution >= 0.6 is 23.2 Å². The second-order valence-electron chi connectivity index (χ2n) is 5.22. The highest BCUT2D eigenvalue weighted by atomic mass is 35.5. The molecule has 1 N–H and O–H groups in total. The molecular weight excluding hydrogens is 325 g/mol. The minimum atomic E-state index is -0.420. The molecule has 0 saturated carbocycles. The Morgan fingerprint density at radius 1 is 1.23 bits per heavy atom. The highest BCUT2D eigenvalue weighted by molar-refractivity contribution is 6.42. The van der Waals surface area contributed by atoms with Gasteiger partial charge in [0.2, 0.25) is 0 Å². The fourth-order valence-electron chi connectivity index (χ4n) is 1.82. The van der Waals surface area contributed by atoms with Crippen molar-refractivity contribution >= 4 is 34.8 Å². The summed E-state index contributed by atoms with van der Waals surface area (Å²) in [5.41, 5.74) is 0.425. The first kappa shape index (κ1) is 16.5. The molecule has 1 aromatic carbocycles. The van der Waals surface area contributed by atoms with Crippen LogP contribution in [0.4, 0.5) is 5.69 Å². The van der Waals surface area contributed by atoms with Crippen molar-refractivity contribution < 1.29 is 4.79 Å². The highest BCUT2D eigenvalue weighted by Crippen LogP contribution is 2.25. The molecule has 0 atom stereocenters. The van der Waals surface area contributed by atoms with Crippen LogP contribution in [0.25, 0.3) is 0 Å². The van der Waals surface area contributed by atoms with Gasteiger partial charge in [0.25, 0.3) is 11.5 Å². The summed E-state index contributed by atoms with van der Waals surface area (Å²) in [5.74, 6) is -0.172. The van der Waals surface area contributed by atoms with E-state index >= 15 is 0 Å². The fraction of sp³-hybridized carbons (Fsp3) is 0.267. The lowest BCUT2D eigenvalue weighted by atomic mass is 10.2. The number of aromatic nitrogens is 2. The third kappa shape index (κ3) is 4.08. The van der Waals surface area contributed by atoms with E-state index in [-0.39, 0.29) is 17.2 Å². The summed E-state index contributed by atoms with van der Waals surface area (Å²) in [6.45, 7) is 4.39. The third-order valence-electron chi connectivity index (χ3n) is 2.81. The van der Waals surface area contributed by atoms with Crippen molar-refractivity contribution in [3.63, 3.8) is 0 Å². The van der Waals surface area contributed by atoms with Crippen LogP contribution in [0.3, 0.4) is 0 Å². The minimum absolute atomic E-state index is 0.159. The summed E-state index contributed by atoms with van der Waals surface area (Å²) in [5, 5.41) is 7.50. The maximum absolute atomic E-state index is 12.2. The summed E-state index contributed by atoms with van der Waals surface area (Å²) in [6.07, 6.45) is 0. The number of halogens is 2. The van der Waals surface area contributed by atoms with Gasteiger partial charge in [-0.05, 0) is 30.2 Å². The van der Waals surface area contributed by atoms with Crippen molar-refractivity contribution in [1.29, 1.82) is 0 Å². The van der Waals surface area contributed by atoms with E-state index in [1.165, 1.54) is 16.8 Å². The molecule has 0 saturated heterocycles. The number of carbonyl (C=O) groups excluding carboxylic acids is 1. The Morgan fingerprint density at radius 3 is 2.59 bits per heavy atom. The Kier molecular flexibility index (Phi) is 5.21. The first-order chi connectivity index (χ1) is 10.4. The summed E-state index contributed by atoms with van der Waals surface area (Å²) in [6, 6.07) is 7.50. The van der Waals surface area contributed by atoms with Crippen molar-refractivity contribution in [2.45, 2.75) is 20.4 Å². The second-order valence-corrected chi connectivity index (χ2v) is 6.03. The van der Waals surface area contributed by atoms with E-state index in [4.69, 9.17) is 23.2 Å². The van der Waals surface area contributed by atoms with Crippen LogP contribution in [-0.4, -0.2) is 15.7 Å². The first-order valence-corrected chi connectivity index (χ1v) is 7.47. The van der Waals surface area contributed by atoms with Crippen molar-refractivity contribution in [2.24, 2.45) is 5.92 Å². The van der Waals surface area contributed by atoms with Gasteiger partial charge >= 0.3 is 0 Å². The molecule has 0 fully saturated rings. The van der Waals surface area contributed by atoms with Gasteiger partial charge < -0.3 is 5.32 Å². The summed E-state index contributed by atoms with van der Waals surface area (Å²) in [4.78, 5) is 23.9.